The second-order valence-electron chi connectivity index (χ2n) is 7.41. The Morgan fingerprint density at radius 1 is 1.21 bits per heavy atom. The molecule has 0 aromatic carbocycles. The Balaban J connectivity index is 1.68. The van der Waals surface area contributed by atoms with Crippen molar-refractivity contribution >= 4 is 0 Å². The molecular weight excluding hydrogens is 234 g/mol. The highest BCUT2D eigenvalue weighted by Gasteiger charge is 2.31. The minimum Gasteiger partial charge on any atom is -0.316 e. The van der Waals surface area contributed by atoms with Gasteiger partial charge in [-0.2, -0.15) is 0 Å². The molecule has 1 atom stereocenters. The van der Waals surface area contributed by atoms with Crippen LogP contribution in [0.3, 0.4) is 0 Å². The molecule has 1 unspecified atom stereocenters. The molecule has 2 aliphatic rings. The number of hydrogen-bond donors (Lipinski definition) is 2. The lowest BCUT2D eigenvalue weighted by molar-refractivity contribution is 0.112. The third-order valence-electron chi connectivity index (χ3n) is 5.24. The quantitative estimate of drug-likeness (QED) is 0.797. The summed E-state index contributed by atoms with van der Waals surface area (Å²) in [6.07, 6.45) is 5.49. The molecule has 0 aliphatic carbocycles. The molecule has 3 heteroatoms. The van der Waals surface area contributed by atoms with Gasteiger partial charge in [0, 0.05) is 6.54 Å². The van der Waals surface area contributed by atoms with Crippen molar-refractivity contribution < 1.29 is 0 Å². The molecule has 2 aliphatic heterocycles. The highest BCUT2D eigenvalue weighted by molar-refractivity contribution is 4.85. The predicted molar refractivity (Wildman–Crippen MR) is 82.5 cm³/mol. The molecule has 2 fully saturated rings. The molecule has 2 N–H and O–H groups in total. The molecule has 0 spiro atoms. The maximum absolute atomic E-state index is 3.75. The molecule has 0 aromatic rings. The van der Waals surface area contributed by atoms with Crippen LogP contribution < -0.4 is 10.6 Å². The molecule has 0 aromatic heterocycles. The molecule has 19 heavy (non-hydrogen) atoms. The Kier molecular flexibility index (Phi) is 5.67. The molecule has 2 heterocycles. The predicted octanol–water partition coefficient (Wildman–Crippen LogP) is 1.94. The SMILES string of the molecule is CN1CCC(C(C)(C)CNCC2CCCNC2)CC1. The number of rotatable bonds is 5. The van der Waals surface area contributed by atoms with Crippen molar-refractivity contribution in [2.24, 2.45) is 17.3 Å². The van der Waals surface area contributed by atoms with E-state index >= 15 is 0 Å². The van der Waals surface area contributed by atoms with E-state index in [1.807, 2.05) is 0 Å². The highest BCUT2D eigenvalue weighted by Crippen LogP contribution is 2.34. The van der Waals surface area contributed by atoms with Crippen LogP contribution in [0.15, 0.2) is 0 Å². The molecule has 0 amide bonds. The van der Waals surface area contributed by atoms with Gasteiger partial charge in [-0.3, -0.25) is 0 Å². The number of nitrogens with one attached hydrogen (secondary N) is 2. The van der Waals surface area contributed by atoms with Crippen molar-refractivity contribution in [3.05, 3.63) is 0 Å². The average molecular weight is 267 g/mol. The smallest absolute Gasteiger partial charge is 0.000531 e. The zero-order valence-corrected chi connectivity index (χ0v) is 13.2. The summed E-state index contributed by atoms with van der Waals surface area (Å²) in [6, 6.07) is 0. The summed E-state index contributed by atoms with van der Waals surface area (Å²) < 4.78 is 0. The molecule has 2 rings (SSSR count). The normalized spacial score (nSPS) is 27.6. The highest BCUT2D eigenvalue weighted by atomic mass is 15.1. The number of nitrogens with zero attached hydrogens (tertiary/aromatic N) is 1. The molecule has 2 saturated heterocycles. The first-order valence-corrected chi connectivity index (χ1v) is 8.18. The van der Waals surface area contributed by atoms with Crippen LogP contribution in [0, 0.1) is 17.3 Å². The third kappa shape index (κ3) is 4.73. The summed E-state index contributed by atoms with van der Waals surface area (Å²) in [6.45, 7) is 12.3. The van der Waals surface area contributed by atoms with E-state index in [1.165, 1.54) is 65.0 Å². The largest absolute Gasteiger partial charge is 0.316 e. The van der Waals surface area contributed by atoms with Crippen molar-refractivity contribution in [1.29, 1.82) is 0 Å². The lowest BCUT2D eigenvalue weighted by Crippen LogP contribution is -2.44. The van der Waals surface area contributed by atoms with Crippen LogP contribution in [0.25, 0.3) is 0 Å². The van der Waals surface area contributed by atoms with Gasteiger partial charge in [-0.05, 0) is 82.7 Å². The first-order chi connectivity index (χ1) is 9.08. The van der Waals surface area contributed by atoms with Gasteiger partial charge >= 0.3 is 0 Å². The number of likely N-dealkylation sites (tertiary alicyclic amines) is 1. The molecule has 0 bridgehead atoms. The van der Waals surface area contributed by atoms with Gasteiger partial charge < -0.3 is 15.5 Å². The molecule has 0 radical (unpaired) electrons. The van der Waals surface area contributed by atoms with Crippen molar-refractivity contribution in [2.45, 2.75) is 39.5 Å². The lowest BCUT2D eigenvalue weighted by atomic mass is 9.73. The van der Waals surface area contributed by atoms with Gasteiger partial charge in [0.2, 0.25) is 0 Å². The third-order valence-corrected chi connectivity index (χ3v) is 5.24. The first-order valence-electron chi connectivity index (χ1n) is 8.18. The molecular formula is C16H33N3. The van der Waals surface area contributed by atoms with E-state index in [0.717, 1.165) is 11.8 Å². The fourth-order valence-corrected chi connectivity index (χ4v) is 3.63. The second kappa shape index (κ2) is 7.05. The van der Waals surface area contributed by atoms with E-state index in [0.29, 0.717) is 5.41 Å². The molecule has 0 saturated carbocycles. The zero-order valence-electron chi connectivity index (χ0n) is 13.2. The standard InChI is InChI=1S/C16H33N3/c1-16(2,15-6-9-19(3)10-7-15)13-18-12-14-5-4-8-17-11-14/h14-15,17-18H,4-13H2,1-3H3. The monoisotopic (exact) mass is 267 g/mol. The molecule has 112 valence electrons. The average Bonchev–Trinajstić information content (AvgIpc) is 2.40. The Bertz CT molecular complexity index is 251. The fourth-order valence-electron chi connectivity index (χ4n) is 3.63. The minimum atomic E-state index is 0.448. The van der Waals surface area contributed by atoms with E-state index in [1.54, 1.807) is 0 Å². The Morgan fingerprint density at radius 2 is 1.95 bits per heavy atom. The summed E-state index contributed by atoms with van der Waals surface area (Å²) in [5.41, 5.74) is 0.448. The van der Waals surface area contributed by atoms with Gasteiger partial charge in [-0.1, -0.05) is 13.8 Å². The summed E-state index contributed by atoms with van der Waals surface area (Å²) in [5, 5.41) is 7.26. The second-order valence-corrected chi connectivity index (χ2v) is 7.41. The van der Waals surface area contributed by atoms with Crippen molar-refractivity contribution in [3.63, 3.8) is 0 Å². The summed E-state index contributed by atoms with van der Waals surface area (Å²) in [5.74, 6) is 1.74. The summed E-state index contributed by atoms with van der Waals surface area (Å²) in [4.78, 5) is 2.47. The van der Waals surface area contributed by atoms with Crippen LogP contribution in [0.1, 0.15) is 39.5 Å². The van der Waals surface area contributed by atoms with Crippen molar-refractivity contribution in [3.8, 4) is 0 Å². The Hall–Kier alpha value is -0.120. The topological polar surface area (TPSA) is 27.3 Å². The first kappa shape index (κ1) is 15.3. The van der Waals surface area contributed by atoms with Crippen molar-refractivity contribution in [1.82, 2.24) is 15.5 Å². The van der Waals surface area contributed by atoms with Crippen LogP contribution in [-0.4, -0.2) is 51.2 Å². The van der Waals surface area contributed by atoms with Gasteiger partial charge in [0.1, 0.15) is 0 Å². The van der Waals surface area contributed by atoms with Crippen LogP contribution in [0.5, 0.6) is 0 Å². The van der Waals surface area contributed by atoms with Crippen LogP contribution in [0.2, 0.25) is 0 Å². The van der Waals surface area contributed by atoms with E-state index in [2.05, 4.69) is 36.4 Å². The Labute approximate surface area is 119 Å². The zero-order chi connectivity index (χ0) is 13.7. The number of hydrogen-bond acceptors (Lipinski definition) is 3. The van der Waals surface area contributed by atoms with Crippen LogP contribution in [-0.2, 0) is 0 Å². The van der Waals surface area contributed by atoms with Gasteiger partial charge in [-0.25, -0.2) is 0 Å². The van der Waals surface area contributed by atoms with Crippen LogP contribution in [0.4, 0.5) is 0 Å². The van der Waals surface area contributed by atoms with E-state index in [4.69, 9.17) is 0 Å². The van der Waals surface area contributed by atoms with E-state index in [9.17, 15) is 0 Å². The summed E-state index contributed by atoms with van der Waals surface area (Å²) in [7, 11) is 2.25. The van der Waals surface area contributed by atoms with Gasteiger partial charge in [-0.15, -0.1) is 0 Å². The maximum atomic E-state index is 3.75. The van der Waals surface area contributed by atoms with Crippen LogP contribution >= 0.6 is 0 Å². The van der Waals surface area contributed by atoms with Gasteiger partial charge in [0.15, 0.2) is 0 Å². The number of piperidine rings is 2. The van der Waals surface area contributed by atoms with E-state index < -0.39 is 0 Å². The van der Waals surface area contributed by atoms with E-state index in [-0.39, 0.29) is 0 Å². The van der Waals surface area contributed by atoms with Gasteiger partial charge in [0.25, 0.3) is 0 Å². The van der Waals surface area contributed by atoms with Gasteiger partial charge in [0.05, 0.1) is 0 Å². The summed E-state index contributed by atoms with van der Waals surface area (Å²) >= 11 is 0. The fraction of sp³-hybridized carbons (Fsp3) is 1.00. The molecule has 3 nitrogen and oxygen atoms in total. The lowest BCUT2D eigenvalue weighted by Gasteiger charge is -2.40. The Morgan fingerprint density at radius 3 is 2.58 bits per heavy atom. The minimum absolute atomic E-state index is 0.448. The maximum Gasteiger partial charge on any atom is 0.000531 e. The van der Waals surface area contributed by atoms with Crippen molar-refractivity contribution in [2.75, 3.05) is 46.3 Å².